The molecule has 1 aromatic heterocycles. The molecular weight excluding hydrogens is 332 g/mol. The van der Waals surface area contributed by atoms with E-state index in [0.717, 1.165) is 48.5 Å². The second-order valence-corrected chi connectivity index (χ2v) is 7.75. The highest BCUT2D eigenvalue weighted by atomic mass is 15.3. The van der Waals surface area contributed by atoms with E-state index < -0.39 is 0 Å². The van der Waals surface area contributed by atoms with Crippen molar-refractivity contribution in [2.75, 3.05) is 31.1 Å². The van der Waals surface area contributed by atoms with E-state index in [2.05, 4.69) is 74.6 Å². The van der Waals surface area contributed by atoms with Gasteiger partial charge in [0.05, 0.1) is 5.69 Å². The van der Waals surface area contributed by atoms with E-state index in [1.165, 1.54) is 18.7 Å². The molecule has 2 atom stereocenters. The fourth-order valence-electron chi connectivity index (χ4n) is 4.50. The fraction of sp³-hybridized carbons (Fsp3) is 0.304. The van der Waals surface area contributed by atoms with Gasteiger partial charge in [-0.15, -0.1) is 10.2 Å². The van der Waals surface area contributed by atoms with E-state index in [0.29, 0.717) is 0 Å². The van der Waals surface area contributed by atoms with Crippen molar-refractivity contribution in [1.29, 1.82) is 0 Å². The monoisotopic (exact) mass is 356 g/mol. The number of likely N-dealkylation sites (tertiary alicyclic amines) is 1. The molecular formula is C23H24N4. The van der Waals surface area contributed by atoms with Crippen LogP contribution in [-0.2, 0) is 6.54 Å². The summed E-state index contributed by atoms with van der Waals surface area (Å²) >= 11 is 0. The van der Waals surface area contributed by atoms with E-state index in [-0.39, 0.29) is 0 Å². The fourth-order valence-corrected chi connectivity index (χ4v) is 4.50. The van der Waals surface area contributed by atoms with Gasteiger partial charge in [0, 0.05) is 38.3 Å². The molecule has 136 valence electrons. The van der Waals surface area contributed by atoms with Gasteiger partial charge in [-0.25, -0.2) is 0 Å². The van der Waals surface area contributed by atoms with Gasteiger partial charge in [-0.2, -0.15) is 0 Å². The minimum atomic E-state index is 0.740. The quantitative estimate of drug-likeness (QED) is 0.713. The van der Waals surface area contributed by atoms with Crippen molar-refractivity contribution in [1.82, 2.24) is 15.1 Å². The first kappa shape index (κ1) is 16.5. The average Bonchev–Trinajstić information content (AvgIpc) is 3.28. The van der Waals surface area contributed by atoms with Crippen molar-refractivity contribution in [3.63, 3.8) is 0 Å². The molecule has 0 bridgehead atoms. The molecule has 0 unspecified atom stereocenters. The highest BCUT2D eigenvalue weighted by Gasteiger charge is 2.40. The van der Waals surface area contributed by atoms with Crippen LogP contribution in [0.15, 0.2) is 72.8 Å². The summed E-state index contributed by atoms with van der Waals surface area (Å²) in [5.74, 6) is 2.49. The Kier molecular flexibility index (Phi) is 4.34. The van der Waals surface area contributed by atoms with Crippen molar-refractivity contribution >= 4 is 5.82 Å². The number of rotatable bonds is 4. The second kappa shape index (κ2) is 7.12. The van der Waals surface area contributed by atoms with E-state index in [1.54, 1.807) is 0 Å². The molecule has 3 heterocycles. The predicted octanol–water partition coefficient (Wildman–Crippen LogP) is 3.71. The highest BCUT2D eigenvalue weighted by Crippen LogP contribution is 2.34. The summed E-state index contributed by atoms with van der Waals surface area (Å²) in [6, 6.07) is 25.3. The van der Waals surface area contributed by atoms with Gasteiger partial charge in [0.25, 0.3) is 0 Å². The first-order valence-corrected chi connectivity index (χ1v) is 9.75. The Labute approximate surface area is 160 Å². The summed E-state index contributed by atoms with van der Waals surface area (Å²) in [5, 5.41) is 8.97. The van der Waals surface area contributed by atoms with Crippen LogP contribution < -0.4 is 4.90 Å². The van der Waals surface area contributed by atoms with E-state index >= 15 is 0 Å². The maximum Gasteiger partial charge on any atom is 0.151 e. The first-order chi connectivity index (χ1) is 13.3. The molecule has 0 N–H and O–H groups in total. The number of hydrogen-bond acceptors (Lipinski definition) is 4. The minimum absolute atomic E-state index is 0.740. The third-order valence-corrected chi connectivity index (χ3v) is 5.85. The summed E-state index contributed by atoms with van der Waals surface area (Å²) < 4.78 is 0. The highest BCUT2D eigenvalue weighted by molar-refractivity contribution is 5.59. The zero-order chi connectivity index (χ0) is 18.1. The Morgan fingerprint density at radius 3 is 2.00 bits per heavy atom. The van der Waals surface area contributed by atoms with E-state index in [9.17, 15) is 0 Å². The zero-order valence-electron chi connectivity index (χ0n) is 15.4. The number of aromatic nitrogens is 2. The zero-order valence-corrected chi connectivity index (χ0v) is 15.4. The normalized spacial score (nSPS) is 22.1. The molecule has 0 aliphatic carbocycles. The second-order valence-electron chi connectivity index (χ2n) is 7.75. The standard InChI is InChI=1S/C23H24N4/c1-3-7-18(8-4-1)13-26-14-20-16-27(17-21(20)15-26)23-12-11-22(24-25-23)19-9-5-2-6-10-19/h1-12,20-21H,13-17H2/t20-,21-/m1/s1. The molecule has 2 fully saturated rings. The third-order valence-electron chi connectivity index (χ3n) is 5.85. The van der Waals surface area contributed by atoms with Gasteiger partial charge in [0.2, 0.25) is 0 Å². The van der Waals surface area contributed by atoms with Gasteiger partial charge in [-0.3, -0.25) is 4.90 Å². The van der Waals surface area contributed by atoms with Gasteiger partial charge in [0.1, 0.15) is 0 Å². The van der Waals surface area contributed by atoms with Gasteiger partial charge in [-0.1, -0.05) is 60.7 Å². The van der Waals surface area contributed by atoms with Crippen LogP contribution in [0.4, 0.5) is 5.82 Å². The first-order valence-electron chi connectivity index (χ1n) is 9.75. The minimum Gasteiger partial charge on any atom is -0.354 e. The summed E-state index contributed by atoms with van der Waals surface area (Å²) in [7, 11) is 0. The molecule has 0 radical (unpaired) electrons. The maximum absolute atomic E-state index is 4.51. The lowest BCUT2D eigenvalue weighted by Gasteiger charge is -2.22. The van der Waals surface area contributed by atoms with Gasteiger partial charge in [0.15, 0.2) is 5.82 Å². The van der Waals surface area contributed by atoms with Gasteiger partial charge >= 0.3 is 0 Å². The molecule has 2 aromatic carbocycles. The summed E-state index contributed by atoms with van der Waals surface area (Å²) in [6.45, 7) is 5.63. The van der Waals surface area contributed by atoms with Crippen LogP contribution >= 0.6 is 0 Å². The Morgan fingerprint density at radius 2 is 1.37 bits per heavy atom. The maximum atomic E-state index is 4.51. The largest absolute Gasteiger partial charge is 0.354 e. The summed E-state index contributed by atoms with van der Waals surface area (Å²) in [5.41, 5.74) is 3.47. The van der Waals surface area contributed by atoms with Crippen LogP contribution in [0.5, 0.6) is 0 Å². The van der Waals surface area contributed by atoms with E-state index in [4.69, 9.17) is 0 Å². The van der Waals surface area contributed by atoms with Crippen LogP contribution in [0, 0.1) is 11.8 Å². The van der Waals surface area contributed by atoms with Crippen molar-refractivity contribution in [2.24, 2.45) is 11.8 Å². The van der Waals surface area contributed by atoms with Crippen LogP contribution in [0.25, 0.3) is 11.3 Å². The Hall–Kier alpha value is -2.72. The number of anilines is 1. The lowest BCUT2D eigenvalue weighted by atomic mass is 10.0. The number of fused-ring (bicyclic) bond motifs is 1. The summed E-state index contributed by atoms with van der Waals surface area (Å²) in [6.07, 6.45) is 0. The molecule has 4 heteroatoms. The van der Waals surface area contributed by atoms with Crippen molar-refractivity contribution < 1.29 is 0 Å². The molecule has 2 saturated heterocycles. The van der Waals surface area contributed by atoms with Crippen molar-refractivity contribution in [2.45, 2.75) is 6.54 Å². The smallest absolute Gasteiger partial charge is 0.151 e. The molecule has 0 amide bonds. The molecule has 5 rings (SSSR count). The molecule has 4 nitrogen and oxygen atoms in total. The predicted molar refractivity (Wildman–Crippen MR) is 108 cm³/mol. The van der Waals surface area contributed by atoms with Crippen LogP contribution in [0.3, 0.4) is 0 Å². The van der Waals surface area contributed by atoms with Crippen molar-refractivity contribution in [3.8, 4) is 11.3 Å². The van der Waals surface area contributed by atoms with E-state index in [1.807, 2.05) is 18.2 Å². The molecule has 3 aromatic rings. The molecule has 2 aliphatic rings. The molecule has 0 saturated carbocycles. The molecule has 27 heavy (non-hydrogen) atoms. The third kappa shape index (κ3) is 3.45. The Morgan fingerprint density at radius 1 is 0.704 bits per heavy atom. The van der Waals surface area contributed by atoms with Gasteiger partial charge in [-0.05, 0) is 29.5 Å². The van der Waals surface area contributed by atoms with Crippen LogP contribution in [0.2, 0.25) is 0 Å². The Bertz CT molecular complexity index is 865. The molecule has 2 aliphatic heterocycles. The average molecular weight is 356 g/mol. The van der Waals surface area contributed by atoms with Crippen molar-refractivity contribution in [3.05, 3.63) is 78.4 Å². The Balaban J connectivity index is 1.21. The lowest BCUT2D eigenvalue weighted by molar-refractivity contribution is 0.309. The summed E-state index contributed by atoms with van der Waals surface area (Å²) in [4.78, 5) is 5.02. The topological polar surface area (TPSA) is 32.3 Å². The lowest BCUT2D eigenvalue weighted by Crippen LogP contribution is -2.29. The van der Waals surface area contributed by atoms with Crippen LogP contribution in [-0.4, -0.2) is 41.3 Å². The number of nitrogens with zero attached hydrogens (tertiary/aromatic N) is 4. The van der Waals surface area contributed by atoms with Gasteiger partial charge < -0.3 is 4.90 Å². The number of hydrogen-bond donors (Lipinski definition) is 0. The SMILES string of the molecule is c1ccc(CN2C[C@@H]3CN(c4ccc(-c5ccccc5)nn4)C[C@H]3C2)cc1. The molecule has 0 spiro atoms. The van der Waals surface area contributed by atoms with Crippen LogP contribution in [0.1, 0.15) is 5.56 Å². The number of benzene rings is 2.